The molecule has 1 aliphatic heterocycles. The number of carbonyl (C=O) groups is 2. The summed E-state index contributed by atoms with van der Waals surface area (Å²) in [6, 6.07) is 10.4. The second kappa shape index (κ2) is 12.2. The lowest BCUT2D eigenvalue weighted by atomic mass is 9.97. The molecule has 3 amide bonds. The van der Waals surface area contributed by atoms with Crippen molar-refractivity contribution in [2.75, 3.05) is 26.0 Å². The zero-order valence-electron chi connectivity index (χ0n) is 25.4. The Kier molecular flexibility index (Phi) is 8.55. The number of aromatic amines is 1. The predicted octanol–water partition coefficient (Wildman–Crippen LogP) is 5.01. The fraction of sp³-hybridized carbons (Fsp3) is 0.375. The summed E-state index contributed by atoms with van der Waals surface area (Å²) in [4.78, 5) is 33.1. The van der Waals surface area contributed by atoms with Gasteiger partial charge >= 0.3 is 6.03 Å². The Hall–Kier alpha value is -4.58. The lowest BCUT2D eigenvalue weighted by Gasteiger charge is -2.39. The molecule has 44 heavy (non-hydrogen) atoms. The minimum atomic E-state index is -1.25. The number of anilines is 1. The number of nitrogens with one attached hydrogen (secondary N) is 3. The summed E-state index contributed by atoms with van der Waals surface area (Å²) >= 11 is 0. The summed E-state index contributed by atoms with van der Waals surface area (Å²) in [6.07, 6.45) is 3.31. The van der Waals surface area contributed by atoms with Crippen molar-refractivity contribution in [3.05, 3.63) is 77.0 Å². The average molecular weight is 606 g/mol. The van der Waals surface area contributed by atoms with Crippen molar-refractivity contribution in [2.24, 2.45) is 0 Å². The van der Waals surface area contributed by atoms with Crippen LogP contribution in [-0.4, -0.2) is 74.7 Å². The molecule has 10 nitrogen and oxygen atoms in total. The first-order valence-electron chi connectivity index (χ1n) is 14.5. The number of aliphatic hydroxyl groups is 1. The summed E-state index contributed by atoms with van der Waals surface area (Å²) in [5.74, 6) is -1.44. The Labute approximate surface area is 254 Å². The Morgan fingerprint density at radius 3 is 2.57 bits per heavy atom. The van der Waals surface area contributed by atoms with Crippen molar-refractivity contribution in [1.29, 1.82) is 0 Å². The van der Waals surface area contributed by atoms with Gasteiger partial charge in [-0.15, -0.1) is 0 Å². The van der Waals surface area contributed by atoms with E-state index in [0.29, 0.717) is 40.1 Å². The molecule has 2 aromatic heterocycles. The lowest BCUT2D eigenvalue weighted by Crippen LogP contribution is -2.52. The highest BCUT2D eigenvalue weighted by molar-refractivity contribution is 6.00. The van der Waals surface area contributed by atoms with Gasteiger partial charge in [0.15, 0.2) is 11.5 Å². The van der Waals surface area contributed by atoms with Gasteiger partial charge in [0, 0.05) is 51.0 Å². The Balaban J connectivity index is 1.33. The van der Waals surface area contributed by atoms with Crippen molar-refractivity contribution in [1.82, 2.24) is 30.3 Å². The van der Waals surface area contributed by atoms with Gasteiger partial charge in [-0.25, -0.2) is 18.6 Å². The molecule has 232 valence electrons. The molecule has 4 aromatic rings. The first-order chi connectivity index (χ1) is 20.8. The van der Waals surface area contributed by atoms with Gasteiger partial charge in [-0.1, -0.05) is 18.2 Å². The molecule has 12 heteroatoms. The van der Waals surface area contributed by atoms with E-state index in [2.05, 4.69) is 25.8 Å². The van der Waals surface area contributed by atoms with Crippen LogP contribution in [0.4, 0.5) is 19.4 Å². The van der Waals surface area contributed by atoms with Crippen LogP contribution in [0.1, 0.15) is 55.1 Å². The largest absolute Gasteiger partial charge is 0.386 e. The number of piperidine rings is 1. The van der Waals surface area contributed by atoms with E-state index in [1.165, 1.54) is 32.0 Å². The van der Waals surface area contributed by atoms with Crippen LogP contribution in [0.3, 0.4) is 0 Å². The number of amides is 3. The third kappa shape index (κ3) is 6.35. The van der Waals surface area contributed by atoms with E-state index >= 15 is 4.39 Å². The van der Waals surface area contributed by atoms with Gasteiger partial charge in [-0.3, -0.25) is 9.89 Å². The number of rotatable bonds is 7. The number of hydrogen-bond donors (Lipinski definition) is 4. The highest BCUT2D eigenvalue weighted by Crippen LogP contribution is 2.33. The van der Waals surface area contributed by atoms with Crippen LogP contribution in [0.15, 0.2) is 48.7 Å². The van der Waals surface area contributed by atoms with E-state index in [-0.39, 0.29) is 35.8 Å². The van der Waals surface area contributed by atoms with E-state index < -0.39 is 23.1 Å². The monoisotopic (exact) mass is 605 g/mol. The number of halogens is 2. The number of carbonyl (C=O) groups excluding carboxylic acids is 2. The van der Waals surface area contributed by atoms with Crippen molar-refractivity contribution >= 4 is 28.8 Å². The van der Waals surface area contributed by atoms with Crippen LogP contribution in [0, 0.1) is 11.6 Å². The molecular weight excluding hydrogens is 568 g/mol. The maximum Gasteiger partial charge on any atom is 0.319 e. The molecule has 1 saturated heterocycles. The normalized spacial score (nSPS) is 17.0. The molecule has 0 radical (unpaired) electrons. The van der Waals surface area contributed by atoms with Gasteiger partial charge in [-0.2, -0.15) is 5.10 Å². The number of pyridine rings is 1. The summed E-state index contributed by atoms with van der Waals surface area (Å²) in [6.45, 7) is 5.46. The van der Waals surface area contributed by atoms with Crippen molar-refractivity contribution in [2.45, 2.75) is 57.8 Å². The van der Waals surface area contributed by atoms with Crippen LogP contribution in [0.25, 0.3) is 22.2 Å². The fourth-order valence-corrected chi connectivity index (χ4v) is 5.45. The number of urea groups is 1. The van der Waals surface area contributed by atoms with Gasteiger partial charge in [0.05, 0.1) is 16.6 Å². The number of benzene rings is 2. The minimum Gasteiger partial charge on any atom is -0.386 e. The van der Waals surface area contributed by atoms with Crippen LogP contribution in [0.2, 0.25) is 0 Å². The molecule has 2 aromatic carbocycles. The Bertz CT molecular complexity index is 1700. The molecule has 0 saturated carbocycles. The average Bonchev–Trinajstić information content (AvgIpc) is 3.39. The first-order valence-corrected chi connectivity index (χ1v) is 14.5. The summed E-state index contributed by atoms with van der Waals surface area (Å²) in [7, 11) is 3.47. The molecule has 0 bridgehead atoms. The first kappa shape index (κ1) is 30.9. The highest BCUT2D eigenvalue weighted by atomic mass is 19.1. The zero-order chi connectivity index (χ0) is 31.8. The minimum absolute atomic E-state index is 0.0338. The van der Waals surface area contributed by atoms with E-state index in [1.54, 1.807) is 43.4 Å². The van der Waals surface area contributed by atoms with Crippen molar-refractivity contribution < 1.29 is 23.5 Å². The smallest absolute Gasteiger partial charge is 0.319 e. The number of hydrogen-bond acceptors (Lipinski definition) is 6. The standard InChI is InChI=1S/C32H37F2N7O3/c1-18-6-10-22(17-41(18)31(43)40(4)5)37-29-27-23(12-13-35-28(27)38-39-29)19-7-8-20(25(33)14-19)16-36-30(42)24-11-9-21(15-26(24)34)32(2,3)44/h7-9,11-15,18,22,44H,6,10,16-17H2,1-5H3,(H,36,42)(H2,35,37,38,39)/t18-,22+/m0/s1. The van der Waals surface area contributed by atoms with Crippen LogP contribution in [-0.2, 0) is 12.1 Å². The summed E-state index contributed by atoms with van der Waals surface area (Å²) in [5, 5.41) is 24.2. The van der Waals surface area contributed by atoms with Gasteiger partial charge < -0.3 is 25.5 Å². The summed E-state index contributed by atoms with van der Waals surface area (Å²) in [5.41, 5.74) is 0.943. The number of H-pyrrole nitrogens is 1. The molecule has 1 aliphatic rings. The SMILES string of the molecule is C[C@H]1CC[C@@H](Nc2n[nH]c3nccc(-c4ccc(CNC(=O)c5ccc(C(C)(C)O)cc5F)c(F)c4)c23)CN1C(=O)N(C)C. The highest BCUT2D eigenvalue weighted by Gasteiger charge is 2.31. The second-order valence-electron chi connectivity index (χ2n) is 12.0. The Morgan fingerprint density at radius 2 is 1.89 bits per heavy atom. The maximum absolute atomic E-state index is 15.3. The number of likely N-dealkylation sites (tertiary alicyclic amines) is 1. The number of aromatic nitrogens is 3. The molecule has 5 rings (SSSR count). The zero-order valence-corrected chi connectivity index (χ0v) is 25.4. The predicted molar refractivity (Wildman–Crippen MR) is 164 cm³/mol. The maximum atomic E-state index is 15.3. The van der Waals surface area contributed by atoms with Crippen molar-refractivity contribution in [3.8, 4) is 11.1 Å². The third-order valence-corrected chi connectivity index (χ3v) is 8.04. The van der Waals surface area contributed by atoms with Crippen LogP contribution >= 0.6 is 0 Å². The number of fused-ring (bicyclic) bond motifs is 1. The van der Waals surface area contributed by atoms with E-state index in [4.69, 9.17) is 0 Å². The van der Waals surface area contributed by atoms with Crippen LogP contribution < -0.4 is 10.6 Å². The number of nitrogens with zero attached hydrogens (tertiary/aromatic N) is 4. The topological polar surface area (TPSA) is 126 Å². The third-order valence-electron chi connectivity index (χ3n) is 8.04. The fourth-order valence-electron chi connectivity index (χ4n) is 5.45. The Morgan fingerprint density at radius 1 is 1.11 bits per heavy atom. The molecule has 2 atom stereocenters. The molecule has 0 aliphatic carbocycles. The van der Waals surface area contributed by atoms with Crippen molar-refractivity contribution in [3.63, 3.8) is 0 Å². The molecular formula is C32H37F2N7O3. The van der Waals surface area contributed by atoms with E-state index in [1.807, 2.05) is 11.8 Å². The van der Waals surface area contributed by atoms with Gasteiger partial charge in [-0.05, 0) is 74.6 Å². The molecule has 0 spiro atoms. The van der Waals surface area contributed by atoms with E-state index in [0.717, 1.165) is 18.9 Å². The molecule has 0 unspecified atom stereocenters. The van der Waals surface area contributed by atoms with Gasteiger partial charge in [0.25, 0.3) is 5.91 Å². The van der Waals surface area contributed by atoms with Crippen LogP contribution in [0.5, 0.6) is 0 Å². The lowest BCUT2D eigenvalue weighted by molar-refractivity contribution is 0.0779. The molecule has 1 fully saturated rings. The van der Waals surface area contributed by atoms with Gasteiger partial charge in [0.1, 0.15) is 11.6 Å². The molecule has 3 heterocycles. The quantitative estimate of drug-likeness (QED) is 0.235. The summed E-state index contributed by atoms with van der Waals surface area (Å²) < 4.78 is 29.9. The van der Waals surface area contributed by atoms with Gasteiger partial charge in [0.2, 0.25) is 0 Å². The van der Waals surface area contributed by atoms with E-state index in [9.17, 15) is 19.1 Å². The molecule has 4 N–H and O–H groups in total. The second-order valence-corrected chi connectivity index (χ2v) is 12.0.